The van der Waals surface area contributed by atoms with Gasteiger partial charge >= 0.3 is 0 Å². The zero-order valence-corrected chi connectivity index (χ0v) is 14.8. The van der Waals surface area contributed by atoms with Gasteiger partial charge in [-0.1, -0.05) is 67.6 Å². The second kappa shape index (κ2) is 8.45. The molecule has 0 aliphatic heterocycles. The Balaban J connectivity index is 1.74. The van der Waals surface area contributed by atoms with Gasteiger partial charge in [-0.25, -0.2) is 4.98 Å². The fraction of sp³-hybridized carbons (Fsp3) is 0.238. The molecule has 1 amide bonds. The van der Waals surface area contributed by atoms with Gasteiger partial charge in [0.25, 0.3) is 5.91 Å². The van der Waals surface area contributed by atoms with Crippen molar-refractivity contribution < 1.29 is 9.21 Å². The van der Waals surface area contributed by atoms with Gasteiger partial charge in [-0.05, 0) is 17.5 Å². The first kappa shape index (κ1) is 17.9. The van der Waals surface area contributed by atoms with Crippen LogP contribution in [0, 0.1) is 0 Å². The zero-order valence-electron chi connectivity index (χ0n) is 14.8. The fourth-order valence-electron chi connectivity index (χ4n) is 2.82. The van der Waals surface area contributed by atoms with E-state index in [4.69, 9.17) is 10.2 Å². The molecule has 0 radical (unpaired) electrons. The highest BCUT2D eigenvalue weighted by atomic mass is 16.3. The van der Waals surface area contributed by atoms with E-state index < -0.39 is 0 Å². The Kier molecular flexibility index (Phi) is 5.81. The van der Waals surface area contributed by atoms with Crippen LogP contribution in [0.1, 0.15) is 52.8 Å². The molecule has 0 aliphatic rings. The Morgan fingerprint density at radius 3 is 2.19 bits per heavy atom. The minimum Gasteiger partial charge on any atom is -0.446 e. The number of benzene rings is 2. The van der Waals surface area contributed by atoms with E-state index in [1.54, 1.807) is 0 Å². The Bertz CT molecular complexity index is 791. The van der Waals surface area contributed by atoms with Crippen molar-refractivity contribution >= 4 is 5.91 Å². The van der Waals surface area contributed by atoms with Crippen molar-refractivity contribution in [2.75, 3.05) is 6.54 Å². The number of amides is 1. The molecule has 0 saturated carbocycles. The standard InChI is InChI=1S/C21H23N3O2/c1-2-18(22)21-24-19(14-26-21)20(25)23-13-17(15-9-5-3-6-10-15)16-11-7-4-8-12-16/h3-12,14,17-18H,2,13,22H2,1H3,(H,23,25). The number of carbonyl (C=O) groups excluding carboxylic acids is 1. The third-order valence-corrected chi connectivity index (χ3v) is 4.38. The van der Waals surface area contributed by atoms with Gasteiger partial charge in [-0.2, -0.15) is 0 Å². The number of hydrogen-bond donors (Lipinski definition) is 2. The van der Waals surface area contributed by atoms with Gasteiger partial charge in [0.15, 0.2) is 5.69 Å². The van der Waals surface area contributed by atoms with Crippen molar-refractivity contribution in [1.29, 1.82) is 0 Å². The second-order valence-corrected chi connectivity index (χ2v) is 6.17. The Labute approximate surface area is 153 Å². The SMILES string of the molecule is CCC(N)c1nc(C(=O)NCC(c2ccccc2)c2ccccc2)co1. The van der Waals surface area contributed by atoms with Crippen LogP contribution >= 0.6 is 0 Å². The number of nitrogens with zero attached hydrogens (tertiary/aromatic N) is 1. The smallest absolute Gasteiger partial charge is 0.273 e. The van der Waals surface area contributed by atoms with Crippen molar-refractivity contribution in [1.82, 2.24) is 10.3 Å². The molecule has 3 rings (SSSR count). The average Bonchev–Trinajstić information content (AvgIpc) is 3.19. The van der Waals surface area contributed by atoms with Crippen molar-refractivity contribution in [2.24, 2.45) is 5.73 Å². The van der Waals surface area contributed by atoms with E-state index >= 15 is 0 Å². The summed E-state index contributed by atoms with van der Waals surface area (Å²) in [6.07, 6.45) is 2.06. The van der Waals surface area contributed by atoms with E-state index in [1.807, 2.05) is 43.3 Å². The van der Waals surface area contributed by atoms with Crippen molar-refractivity contribution in [2.45, 2.75) is 25.3 Å². The molecule has 3 N–H and O–H groups in total. The molecule has 1 unspecified atom stereocenters. The van der Waals surface area contributed by atoms with Crippen LogP contribution in [0.4, 0.5) is 0 Å². The predicted octanol–water partition coefficient (Wildman–Crippen LogP) is 3.65. The lowest BCUT2D eigenvalue weighted by atomic mass is 9.91. The summed E-state index contributed by atoms with van der Waals surface area (Å²) < 4.78 is 5.32. The van der Waals surface area contributed by atoms with Crippen LogP contribution in [0.5, 0.6) is 0 Å². The Morgan fingerprint density at radius 1 is 1.08 bits per heavy atom. The molecule has 5 heteroatoms. The topological polar surface area (TPSA) is 81.1 Å². The molecule has 134 valence electrons. The van der Waals surface area contributed by atoms with Crippen molar-refractivity contribution in [3.05, 3.63) is 89.6 Å². The molecule has 0 bridgehead atoms. The first-order valence-electron chi connectivity index (χ1n) is 8.78. The number of hydrogen-bond acceptors (Lipinski definition) is 4. The van der Waals surface area contributed by atoms with Gasteiger partial charge in [0, 0.05) is 12.5 Å². The van der Waals surface area contributed by atoms with Gasteiger partial charge in [-0.15, -0.1) is 0 Å². The fourth-order valence-corrected chi connectivity index (χ4v) is 2.82. The molecule has 1 atom stereocenters. The van der Waals surface area contributed by atoms with Crippen LogP contribution in [-0.2, 0) is 0 Å². The van der Waals surface area contributed by atoms with Crippen molar-refractivity contribution in [3.63, 3.8) is 0 Å². The van der Waals surface area contributed by atoms with Gasteiger partial charge < -0.3 is 15.5 Å². The molecular weight excluding hydrogens is 326 g/mol. The maximum atomic E-state index is 12.5. The molecule has 0 fully saturated rings. The van der Waals surface area contributed by atoms with Gasteiger partial charge in [0.1, 0.15) is 6.26 Å². The molecule has 0 saturated heterocycles. The lowest BCUT2D eigenvalue weighted by Gasteiger charge is -2.18. The van der Waals surface area contributed by atoms with Gasteiger partial charge in [-0.3, -0.25) is 4.79 Å². The third-order valence-electron chi connectivity index (χ3n) is 4.38. The zero-order chi connectivity index (χ0) is 18.4. The monoisotopic (exact) mass is 349 g/mol. The summed E-state index contributed by atoms with van der Waals surface area (Å²) in [4.78, 5) is 16.7. The van der Waals surface area contributed by atoms with E-state index in [2.05, 4.69) is 34.6 Å². The number of nitrogens with two attached hydrogens (primary N) is 1. The van der Waals surface area contributed by atoms with Gasteiger partial charge in [0.05, 0.1) is 6.04 Å². The van der Waals surface area contributed by atoms with Crippen LogP contribution in [-0.4, -0.2) is 17.4 Å². The largest absolute Gasteiger partial charge is 0.446 e. The average molecular weight is 349 g/mol. The molecule has 1 aromatic heterocycles. The molecule has 26 heavy (non-hydrogen) atoms. The van der Waals surface area contributed by atoms with Crippen LogP contribution in [0.15, 0.2) is 71.3 Å². The first-order valence-corrected chi connectivity index (χ1v) is 8.78. The molecule has 2 aromatic carbocycles. The molecular formula is C21H23N3O2. The summed E-state index contributed by atoms with van der Waals surface area (Å²) >= 11 is 0. The summed E-state index contributed by atoms with van der Waals surface area (Å²) in [5.41, 5.74) is 8.44. The highest BCUT2D eigenvalue weighted by molar-refractivity contribution is 5.92. The molecule has 1 heterocycles. The predicted molar refractivity (Wildman–Crippen MR) is 101 cm³/mol. The maximum absolute atomic E-state index is 12.5. The minimum absolute atomic E-state index is 0.0608. The van der Waals surface area contributed by atoms with Crippen LogP contribution < -0.4 is 11.1 Å². The third kappa shape index (κ3) is 4.18. The lowest BCUT2D eigenvalue weighted by molar-refractivity contribution is 0.0947. The summed E-state index contributed by atoms with van der Waals surface area (Å²) in [6.45, 7) is 2.41. The quantitative estimate of drug-likeness (QED) is 0.682. The van der Waals surface area contributed by atoms with Crippen molar-refractivity contribution in [3.8, 4) is 0 Å². The van der Waals surface area contributed by atoms with E-state index in [9.17, 15) is 4.79 Å². The molecule has 5 nitrogen and oxygen atoms in total. The summed E-state index contributed by atoms with van der Waals surface area (Å²) in [6, 6.07) is 20.0. The van der Waals surface area contributed by atoms with Crippen LogP contribution in [0.2, 0.25) is 0 Å². The Hall–Kier alpha value is -2.92. The number of aromatic nitrogens is 1. The number of rotatable bonds is 7. The minimum atomic E-state index is -0.294. The van der Waals surface area contributed by atoms with E-state index in [1.165, 1.54) is 6.26 Å². The van der Waals surface area contributed by atoms with Crippen LogP contribution in [0.25, 0.3) is 0 Å². The van der Waals surface area contributed by atoms with E-state index in [0.29, 0.717) is 18.9 Å². The van der Waals surface area contributed by atoms with Gasteiger partial charge in [0.2, 0.25) is 5.89 Å². The number of carbonyl (C=O) groups is 1. The summed E-state index contributed by atoms with van der Waals surface area (Å²) in [5.74, 6) is 0.186. The summed E-state index contributed by atoms with van der Waals surface area (Å²) in [7, 11) is 0. The number of nitrogens with one attached hydrogen (secondary N) is 1. The number of oxazole rings is 1. The highest BCUT2D eigenvalue weighted by Crippen LogP contribution is 2.23. The van der Waals surface area contributed by atoms with E-state index in [-0.39, 0.29) is 23.6 Å². The lowest BCUT2D eigenvalue weighted by Crippen LogP contribution is -2.29. The first-order chi connectivity index (χ1) is 12.7. The molecule has 3 aromatic rings. The maximum Gasteiger partial charge on any atom is 0.273 e. The van der Waals surface area contributed by atoms with E-state index in [0.717, 1.165) is 11.1 Å². The summed E-state index contributed by atoms with van der Waals surface area (Å²) in [5, 5.41) is 2.96. The molecule has 0 aliphatic carbocycles. The second-order valence-electron chi connectivity index (χ2n) is 6.17. The van der Waals surface area contributed by atoms with Crippen LogP contribution in [0.3, 0.4) is 0 Å². The normalized spacial score (nSPS) is 12.1. The molecule has 0 spiro atoms. The Morgan fingerprint density at radius 2 is 1.65 bits per heavy atom. The highest BCUT2D eigenvalue weighted by Gasteiger charge is 2.19.